The number of sulfonamides is 1. The van der Waals surface area contributed by atoms with Crippen LogP contribution in [0.3, 0.4) is 0 Å². The minimum Gasteiger partial charge on any atom is -0.258 e. The van der Waals surface area contributed by atoms with Crippen molar-refractivity contribution in [2.24, 2.45) is 0 Å². The van der Waals surface area contributed by atoms with Gasteiger partial charge >= 0.3 is 0 Å². The lowest BCUT2D eigenvalue weighted by Crippen LogP contribution is -2.26. The van der Waals surface area contributed by atoms with Gasteiger partial charge in [-0.15, -0.1) is 0 Å². The fraction of sp³-hybridized carbons (Fsp3) is 0.200. The number of nitrogens with one attached hydrogen (secondary N) is 1. The second kappa shape index (κ2) is 8.61. The smallest absolute Gasteiger partial charge is 0.258 e. The Labute approximate surface area is 153 Å². The maximum atomic E-state index is 13.6. The summed E-state index contributed by atoms with van der Waals surface area (Å²) >= 11 is 7.21. The molecule has 134 valence electrons. The first-order chi connectivity index (χ1) is 11.8. The van der Waals surface area contributed by atoms with Gasteiger partial charge in [0.05, 0.1) is 4.92 Å². The average molecular weight is 405 g/mol. The van der Waals surface area contributed by atoms with E-state index in [-0.39, 0.29) is 11.4 Å². The average Bonchev–Trinajstić information content (AvgIpc) is 2.57. The number of para-hydroxylation sites is 1. The van der Waals surface area contributed by atoms with E-state index in [1.54, 1.807) is 6.07 Å². The van der Waals surface area contributed by atoms with Gasteiger partial charge in [0, 0.05) is 34.7 Å². The number of nitrogens with zero attached hydrogens (tertiary/aromatic N) is 1. The monoisotopic (exact) mass is 404 g/mol. The highest BCUT2D eigenvalue weighted by molar-refractivity contribution is 7.98. The number of benzene rings is 2. The zero-order chi connectivity index (χ0) is 18.4. The van der Waals surface area contributed by atoms with Crippen LogP contribution in [0, 0.1) is 15.9 Å². The molecule has 0 aromatic heterocycles. The van der Waals surface area contributed by atoms with Crippen LogP contribution in [0.15, 0.2) is 47.4 Å². The molecule has 6 nitrogen and oxygen atoms in total. The lowest BCUT2D eigenvalue weighted by Gasteiger charge is -2.08. The van der Waals surface area contributed by atoms with Crippen LogP contribution in [-0.4, -0.2) is 25.6 Å². The van der Waals surface area contributed by atoms with E-state index in [0.717, 1.165) is 6.07 Å². The summed E-state index contributed by atoms with van der Waals surface area (Å²) in [6.07, 6.45) is 0. The highest BCUT2D eigenvalue weighted by Gasteiger charge is 2.24. The van der Waals surface area contributed by atoms with Crippen molar-refractivity contribution in [2.75, 3.05) is 12.3 Å². The van der Waals surface area contributed by atoms with Gasteiger partial charge in [-0.2, -0.15) is 11.8 Å². The van der Waals surface area contributed by atoms with Crippen LogP contribution in [0.2, 0.25) is 5.02 Å². The number of thioether (sulfide) groups is 1. The van der Waals surface area contributed by atoms with Crippen LogP contribution in [0.1, 0.15) is 5.56 Å². The quantitative estimate of drug-likeness (QED) is 0.412. The lowest BCUT2D eigenvalue weighted by molar-refractivity contribution is -0.387. The molecule has 2 aromatic rings. The highest BCUT2D eigenvalue weighted by Crippen LogP contribution is 2.24. The second-order valence-electron chi connectivity index (χ2n) is 4.88. The van der Waals surface area contributed by atoms with Crippen molar-refractivity contribution in [1.82, 2.24) is 4.72 Å². The first kappa shape index (κ1) is 19.6. The fourth-order valence-electron chi connectivity index (χ4n) is 2.01. The van der Waals surface area contributed by atoms with E-state index < -0.39 is 26.5 Å². The zero-order valence-corrected chi connectivity index (χ0v) is 15.2. The normalized spacial score (nSPS) is 11.4. The van der Waals surface area contributed by atoms with Gasteiger partial charge < -0.3 is 0 Å². The number of rotatable bonds is 8. The van der Waals surface area contributed by atoms with Crippen LogP contribution in [0.25, 0.3) is 0 Å². The third kappa shape index (κ3) is 5.15. The fourth-order valence-corrected chi connectivity index (χ4v) is 4.53. The van der Waals surface area contributed by atoms with Gasteiger partial charge in [0.2, 0.25) is 10.0 Å². The van der Waals surface area contributed by atoms with Crippen LogP contribution in [0.5, 0.6) is 0 Å². The molecule has 0 fully saturated rings. The van der Waals surface area contributed by atoms with Crippen molar-refractivity contribution in [2.45, 2.75) is 10.6 Å². The molecular weight excluding hydrogens is 391 g/mol. The van der Waals surface area contributed by atoms with E-state index >= 15 is 0 Å². The van der Waals surface area contributed by atoms with E-state index in [2.05, 4.69) is 4.72 Å². The van der Waals surface area contributed by atoms with Crippen LogP contribution in [0.4, 0.5) is 10.1 Å². The zero-order valence-electron chi connectivity index (χ0n) is 12.8. The molecule has 0 heterocycles. The largest absolute Gasteiger partial charge is 0.289 e. The van der Waals surface area contributed by atoms with Gasteiger partial charge in [-0.25, -0.2) is 17.5 Å². The molecule has 0 atom stereocenters. The molecule has 0 aliphatic carbocycles. The van der Waals surface area contributed by atoms with Crippen molar-refractivity contribution in [3.63, 3.8) is 0 Å². The summed E-state index contributed by atoms with van der Waals surface area (Å²) in [7, 11) is -4.00. The Hall–Kier alpha value is -1.68. The number of hydrogen-bond donors (Lipinski definition) is 1. The summed E-state index contributed by atoms with van der Waals surface area (Å²) in [5.74, 6) is 0.226. The minimum atomic E-state index is -4.00. The molecule has 1 N–H and O–H groups in total. The second-order valence-corrected chi connectivity index (χ2v) is 8.12. The lowest BCUT2D eigenvalue weighted by atomic mass is 10.2. The molecule has 0 aliphatic heterocycles. The third-order valence-corrected chi connectivity index (χ3v) is 6.05. The summed E-state index contributed by atoms with van der Waals surface area (Å²) in [6.45, 7) is 0.0467. The molecule has 0 unspecified atom stereocenters. The molecule has 0 bridgehead atoms. The summed E-state index contributed by atoms with van der Waals surface area (Å²) in [6, 6.07) is 9.50. The molecule has 2 rings (SSSR count). The highest BCUT2D eigenvalue weighted by atomic mass is 35.5. The summed E-state index contributed by atoms with van der Waals surface area (Å²) in [4.78, 5) is 9.79. The maximum absolute atomic E-state index is 13.6. The van der Waals surface area contributed by atoms with Gasteiger partial charge in [-0.3, -0.25) is 10.1 Å². The SMILES string of the molecule is O=[N+]([O-])c1ccccc1S(=O)(=O)NCCSCc1c(F)cccc1Cl. The Morgan fingerprint density at radius 3 is 2.60 bits per heavy atom. The molecule has 10 heteroatoms. The van der Waals surface area contributed by atoms with Crippen molar-refractivity contribution in [1.29, 1.82) is 0 Å². The van der Waals surface area contributed by atoms with Crippen LogP contribution in [-0.2, 0) is 15.8 Å². The van der Waals surface area contributed by atoms with Crippen molar-refractivity contribution in [3.05, 3.63) is 69.0 Å². The van der Waals surface area contributed by atoms with E-state index in [4.69, 9.17) is 11.6 Å². The number of hydrogen-bond acceptors (Lipinski definition) is 5. The molecule has 0 amide bonds. The molecular formula is C15H14ClFN2O4S2. The van der Waals surface area contributed by atoms with Gasteiger partial charge in [0.25, 0.3) is 5.69 Å². The van der Waals surface area contributed by atoms with Crippen LogP contribution >= 0.6 is 23.4 Å². The van der Waals surface area contributed by atoms with Gasteiger partial charge in [-0.1, -0.05) is 29.8 Å². The Morgan fingerprint density at radius 1 is 1.20 bits per heavy atom. The Morgan fingerprint density at radius 2 is 1.92 bits per heavy atom. The number of halogens is 2. The molecule has 0 aliphatic rings. The minimum absolute atomic E-state index is 0.0467. The first-order valence-corrected chi connectivity index (χ1v) is 10.1. The van der Waals surface area contributed by atoms with Crippen molar-refractivity contribution < 1.29 is 17.7 Å². The molecule has 0 radical (unpaired) electrons. The van der Waals surface area contributed by atoms with E-state index in [1.165, 1.54) is 42.1 Å². The van der Waals surface area contributed by atoms with E-state index in [9.17, 15) is 22.9 Å². The van der Waals surface area contributed by atoms with Gasteiger partial charge in [0.15, 0.2) is 4.90 Å². The topological polar surface area (TPSA) is 89.3 Å². The Balaban J connectivity index is 1.92. The number of nitro benzene ring substituents is 1. The van der Waals surface area contributed by atoms with Crippen molar-refractivity contribution in [3.8, 4) is 0 Å². The number of nitro groups is 1. The molecule has 2 aromatic carbocycles. The molecule has 0 saturated carbocycles. The summed E-state index contributed by atoms with van der Waals surface area (Å²) in [5, 5.41) is 11.2. The third-order valence-electron chi connectivity index (χ3n) is 3.20. The van der Waals surface area contributed by atoms with Gasteiger partial charge in [0.1, 0.15) is 5.82 Å². The maximum Gasteiger partial charge on any atom is 0.289 e. The summed E-state index contributed by atoms with van der Waals surface area (Å²) < 4.78 is 40.3. The van der Waals surface area contributed by atoms with Crippen molar-refractivity contribution >= 4 is 39.1 Å². The molecule has 25 heavy (non-hydrogen) atoms. The first-order valence-electron chi connectivity index (χ1n) is 7.06. The molecule has 0 spiro atoms. The Bertz CT molecular complexity index is 857. The predicted molar refractivity (Wildman–Crippen MR) is 95.9 cm³/mol. The standard InChI is InChI=1S/C15H14ClFN2O4S2/c16-12-4-3-5-13(17)11(12)10-24-9-8-18-25(22,23)15-7-2-1-6-14(15)19(20)21/h1-7,18H,8-10H2. The van der Waals surface area contributed by atoms with E-state index in [1.807, 2.05) is 0 Å². The van der Waals surface area contributed by atoms with E-state index in [0.29, 0.717) is 22.1 Å². The Kier molecular flexibility index (Phi) is 6.77. The van der Waals surface area contributed by atoms with Crippen LogP contribution < -0.4 is 4.72 Å². The predicted octanol–water partition coefficient (Wildman–Crippen LogP) is 3.60. The van der Waals surface area contributed by atoms with Gasteiger partial charge in [-0.05, 0) is 18.2 Å². The molecule has 0 saturated heterocycles. The summed E-state index contributed by atoms with van der Waals surface area (Å²) in [5.41, 5.74) is -0.128.